The van der Waals surface area contributed by atoms with Crippen LogP contribution in [0, 0.1) is 5.92 Å². The van der Waals surface area contributed by atoms with Crippen LogP contribution >= 0.6 is 23.3 Å². The predicted molar refractivity (Wildman–Crippen MR) is 63.8 cm³/mol. The summed E-state index contributed by atoms with van der Waals surface area (Å²) in [7, 11) is 1.42. The molecule has 2 rings (SSSR count). The number of ether oxygens (including phenoxy) is 1. The van der Waals surface area contributed by atoms with E-state index < -0.39 is 0 Å². The monoisotopic (exact) mass is 258 g/mol. The van der Waals surface area contributed by atoms with Crippen molar-refractivity contribution in [2.75, 3.05) is 12.9 Å². The van der Waals surface area contributed by atoms with Gasteiger partial charge in [0.2, 0.25) is 0 Å². The maximum Gasteiger partial charge on any atom is 0.309 e. The van der Waals surface area contributed by atoms with Crippen LogP contribution in [0.15, 0.2) is 4.34 Å². The number of thioether (sulfide) groups is 1. The molecule has 1 aliphatic carbocycles. The molecule has 0 bridgehead atoms. The molecule has 1 heterocycles. The number of hydrogen-bond acceptors (Lipinski definition) is 6. The Labute approximate surface area is 103 Å². The Kier molecular flexibility index (Phi) is 3.81. The highest BCUT2D eigenvalue weighted by Crippen LogP contribution is 2.39. The van der Waals surface area contributed by atoms with E-state index in [1.54, 1.807) is 11.8 Å². The van der Waals surface area contributed by atoms with Gasteiger partial charge in [-0.2, -0.15) is 4.37 Å². The first-order valence-electron chi connectivity index (χ1n) is 5.25. The van der Waals surface area contributed by atoms with Crippen LogP contribution in [0.25, 0.3) is 0 Å². The molecule has 1 aromatic heterocycles. The maximum atomic E-state index is 11.2. The summed E-state index contributed by atoms with van der Waals surface area (Å²) in [6, 6.07) is 0. The smallest absolute Gasteiger partial charge is 0.309 e. The van der Waals surface area contributed by atoms with E-state index in [0.717, 1.165) is 10.2 Å². The topological polar surface area (TPSA) is 52.1 Å². The SMILES string of the molecule is COC(=O)C(C)CSc1nc(C2CC2)ns1. The minimum Gasteiger partial charge on any atom is -0.469 e. The highest BCUT2D eigenvalue weighted by Gasteiger charge is 2.28. The molecule has 0 radical (unpaired) electrons. The van der Waals surface area contributed by atoms with Crippen molar-refractivity contribution in [3.05, 3.63) is 5.82 Å². The molecule has 1 saturated carbocycles. The average molecular weight is 258 g/mol. The van der Waals surface area contributed by atoms with Gasteiger partial charge in [-0.15, -0.1) is 0 Å². The molecule has 1 fully saturated rings. The van der Waals surface area contributed by atoms with Crippen molar-refractivity contribution in [3.8, 4) is 0 Å². The molecule has 6 heteroatoms. The van der Waals surface area contributed by atoms with E-state index >= 15 is 0 Å². The van der Waals surface area contributed by atoms with Crippen molar-refractivity contribution in [1.29, 1.82) is 0 Å². The molecule has 88 valence electrons. The summed E-state index contributed by atoms with van der Waals surface area (Å²) in [6.45, 7) is 1.86. The predicted octanol–water partition coefficient (Wildman–Crippen LogP) is 2.32. The number of aromatic nitrogens is 2. The highest BCUT2D eigenvalue weighted by molar-refractivity contribution is 8.00. The zero-order chi connectivity index (χ0) is 11.5. The summed E-state index contributed by atoms with van der Waals surface area (Å²) in [4.78, 5) is 15.6. The highest BCUT2D eigenvalue weighted by atomic mass is 32.2. The summed E-state index contributed by atoms with van der Waals surface area (Å²) in [6.07, 6.45) is 2.44. The molecule has 1 unspecified atom stereocenters. The zero-order valence-electron chi connectivity index (χ0n) is 9.30. The third-order valence-corrected chi connectivity index (χ3v) is 4.53. The van der Waals surface area contributed by atoms with Gasteiger partial charge < -0.3 is 4.74 Å². The van der Waals surface area contributed by atoms with Crippen LogP contribution < -0.4 is 0 Å². The van der Waals surface area contributed by atoms with Crippen molar-refractivity contribution in [1.82, 2.24) is 9.36 Å². The molecule has 0 aliphatic heterocycles. The Morgan fingerprint density at radius 1 is 1.69 bits per heavy atom. The number of carbonyl (C=O) groups excluding carboxylic acids is 1. The number of carbonyl (C=O) groups is 1. The number of rotatable bonds is 5. The summed E-state index contributed by atoms with van der Waals surface area (Å²) >= 11 is 3.01. The molecule has 0 N–H and O–H groups in total. The molecule has 4 nitrogen and oxygen atoms in total. The Morgan fingerprint density at radius 3 is 3.06 bits per heavy atom. The molecule has 0 saturated heterocycles. The zero-order valence-corrected chi connectivity index (χ0v) is 10.9. The van der Waals surface area contributed by atoms with E-state index in [4.69, 9.17) is 0 Å². The van der Waals surface area contributed by atoms with Gasteiger partial charge in [0, 0.05) is 11.7 Å². The molecule has 0 spiro atoms. The van der Waals surface area contributed by atoms with Crippen LogP contribution in [0.2, 0.25) is 0 Å². The quantitative estimate of drug-likeness (QED) is 0.599. The standard InChI is InChI=1S/C10H14N2O2S2/c1-6(9(13)14-2)5-15-10-11-8(12-16-10)7-3-4-7/h6-7H,3-5H2,1-2H3. The molecule has 1 atom stereocenters. The fourth-order valence-corrected chi connectivity index (χ4v) is 2.96. The molecular weight excluding hydrogens is 244 g/mol. The van der Waals surface area contributed by atoms with E-state index in [1.165, 1.54) is 31.5 Å². The van der Waals surface area contributed by atoms with Crippen molar-refractivity contribution in [2.45, 2.75) is 30.0 Å². The lowest BCUT2D eigenvalue weighted by atomic mass is 10.2. The Bertz CT molecular complexity index is 377. The summed E-state index contributed by atoms with van der Waals surface area (Å²) in [5, 5.41) is 0. The minimum absolute atomic E-state index is 0.0942. The molecular formula is C10H14N2O2S2. The van der Waals surface area contributed by atoms with Crippen molar-refractivity contribution in [3.63, 3.8) is 0 Å². The van der Waals surface area contributed by atoms with Crippen molar-refractivity contribution >= 4 is 29.3 Å². The Hall–Kier alpha value is -0.620. The van der Waals surface area contributed by atoms with E-state index in [9.17, 15) is 4.79 Å². The Morgan fingerprint density at radius 2 is 2.44 bits per heavy atom. The molecule has 16 heavy (non-hydrogen) atoms. The van der Waals surface area contributed by atoms with Crippen LogP contribution in [0.4, 0.5) is 0 Å². The van der Waals surface area contributed by atoms with Gasteiger partial charge in [-0.05, 0) is 24.4 Å². The van der Waals surface area contributed by atoms with Crippen LogP contribution in [0.5, 0.6) is 0 Å². The fourth-order valence-electron chi connectivity index (χ4n) is 1.25. The first-order valence-corrected chi connectivity index (χ1v) is 7.01. The lowest BCUT2D eigenvalue weighted by Gasteiger charge is -2.06. The van der Waals surface area contributed by atoms with Crippen LogP contribution in [0.3, 0.4) is 0 Å². The maximum absolute atomic E-state index is 11.2. The normalized spacial score (nSPS) is 17.1. The lowest BCUT2D eigenvalue weighted by molar-refractivity contribution is -0.143. The minimum atomic E-state index is -0.167. The third-order valence-electron chi connectivity index (χ3n) is 2.43. The summed E-state index contributed by atoms with van der Waals surface area (Å²) < 4.78 is 9.94. The van der Waals surface area contributed by atoms with E-state index in [-0.39, 0.29) is 11.9 Å². The van der Waals surface area contributed by atoms with Gasteiger partial charge in [-0.3, -0.25) is 4.79 Å². The second-order valence-electron chi connectivity index (χ2n) is 3.93. The van der Waals surface area contributed by atoms with Crippen molar-refractivity contribution in [2.24, 2.45) is 5.92 Å². The molecule has 0 amide bonds. The largest absolute Gasteiger partial charge is 0.469 e. The van der Waals surface area contributed by atoms with E-state index in [0.29, 0.717) is 11.7 Å². The van der Waals surface area contributed by atoms with Gasteiger partial charge in [0.25, 0.3) is 0 Å². The van der Waals surface area contributed by atoms with Gasteiger partial charge in [0.15, 0.2) is 4.34 Å². The third kappa shape index (κ3) is 2.95. The number of esters is 1. The van der Waals surface area contributed by atoms with Gasteiger partial charge in [-0.1, -0.05) is 18.7 Å². The number of methoxy groups -OCH3 is 1. The molecule has 1 aromatic rings. The van der Waals surface area contributed by atoms with Gasteiger partial charge >= 0.3 is 5.97 Å². The average Bonchev–Trinajstić information content (AvgIpc) is 3.05. The first-order chi connectivity index (χ1) is 7.70. The number of hydrogen-bond donors (Lipinski definition) is 0. The van der Waals surface area contributed by atoms with Gasteiger partial charge in [-0.25, -0.2) is 4.98 Å². The van der Waals surface area contributed by atoms with Crippen LogP contribution in [0.1, 0.15) is 31.5 Å². The van der Waals surface area contributed by atoms with Crippen LogP contribution in [-0.4, -0.2) is 28.2 Å². The summed E-state index contributed by atoms with van der Waals surface area (Å²) in [5.41, 5.74) is 0. The Balaban J connectivity index is 1.82. The second-order valence-corrected chi connectivity index (χ2v) is 5.95. The van der Waals surface area contributed by atoms with Gasteiger partial charge in [0.1, 0.15) is 5.82 Å². The number of nitrogens with zero attached hydrogens (tertiary/aromatic N) is 2. The van der Waals surface area contributed by atoms with Gasteiger partial charge in [0.05, 0.1) is 13.0 Å². The van der Waals surface area contributed by atoms with E-state index in [1.807, 2.05) is 6.92 Å². The van der Waals surface area contributed by atoms with Crippen LogP contribution in [-0.2, 0) is 9.53 Å². The second kappa shape index (κ2) is 5.14. The fraction of sp³-hybridized carbons (Fsp3) is 0.700. The lowest BCUT2D eigenvalue weighted by Crippen LogP contribution is -2.14. The van der Waals surface area contributed by atoms with E-state index in [2.05, 4.69) is 14.1 Å². The molecule has 1 aliphatic rings. The summed E-state index contributed by atoms with van der Waals surface area (Å²) in [5.74, 6) is 2.02. The molecule has 0 aromatic carbocycles. The first kappa shape index (κ1) is 11.9. The van der Waals surface area contributed by atoms with Crippen molar-refractivity contribution < 1.29 is 9.53 Å².